The van der Waals surface area contributed by atoms with Crippen LogP contribution >= 0.6 is 0 Å². The van der Waals surface area contributed by atoms with Gasteiger partial charge in [0.25, 0.3) is 0 Å². The van der Waals surface area contributed by atoms with Crippen LogP contribution in [-0.2, 0) is 9.59 Å². The number of rotatable bonds is 4. The van der Waals surface area contributed by atoms with Crippen LogP contribution in [0, 0.1) is 28.6 Å². The normalized spacial score (nSPS) is 26.3. The number of aliphatic hydroxyl groups excluding tert-OH is 2. The molecule has 0 aromatic rings. The molecule has 0 amide bonds. The highest BCUT2D eigenvalue weighted by molar-refractivity contribution is 5.93. The van der Waals surface area contributed by atoms with E-state index in [0.29, 0.717) is 23.5 Å². The first-order chi connectivity index (χ1) is 16.1. The van der Waals surface area contributed by atoms with Crippen molar-refractivity contribution in [1.29, 1.82) is 0 Å². The first kappa shape index (κ1) is 30.5. The highest BCUT2D eigenvalue weighted by atomic mass is 16.3. The second-order valence-corrected chi connectivity index (χ2v) is 10.9. The van der Waals surface area contributed by atoms with E-state index in [4.69, 9.17) is 10.2 Å². The number of aliphatic hydroxyl groups is 3. The summed E-state index contributed by atoms with van der Waals surface area (Å²) in [6.45, 7) is 15.4. The molecule has 0 aromatic carbocycles. The van der Waals surface area contributed by atoms with Gasteiger partial charge in [-0.05, 0) is 62.5 Å². The maximum atomic E-state index is 11.5. The maximum absolute atomic E-state index is 11.5. The molecular formula is C30H42O5. The van der Waals surface area contributed by atoms with Gasteiger partial charge in [0.05, 0.1) is 13.2 Å². The molecule has 0 radical (unpaired) electrons. The molecule has 2 unspecified atom stereocenters. The minimum Gasteiger partial charge on any atom is -0.392 e. The molecule has 0 fully saturated rings. The second-order valence-electron chi connectivity index (χ2n) is 10.9. The number of hydrogen-bond donors (Lipinski definition) is 3. The number of allylic oxidation sites excluding steroid dienone is 7. The third-order valence-electron chi connectivity index (χ3n) is 6.70. The predicted molar refractivity (Wildman–Crippen MR) is 141 cm³/mol. The lowest BCUT2D eigenvalue weighted by Gasteiger charge is -2.42. The lowest BCUT2D eigenvalue weighted by molar-refractivity contribution is -0.121. The SMILES string of the molecule is CC1=CC(=O)CC(C)(C)C1(O)C#C/C(C)=C/CO.CC1=CC(=O)CC(C)(C)C1/C=C/C(C)=C/CO. The predicted octanol–water partition coefficient (Wildman–Crippen LogP) is 4.65. The molecule has 0 spiro atoms. The Bertz CT molecular complexity index is 1020. The summed E-state index contributed by atoms with van der Waals surface area (Å²) in [4.78, 5) is 23.1. The Morgan fingerprint density at radius 3 is 2.09 bits per heavy atom. The van der Waals surface area contributed by atoms with E-state index in [-0.39, 0.29) is 36.6 Å². The molecule has 5 nitrogen and oxygen atoms in total. The van der Waals surface area contributed by atoms with Crippen LogP contribution in [0.2, 0.25) is 0 Å². The first-order valence-corrected chi connectivity index (χ1v) is 12.0. The van der Waals surface area contributed by atoms with Gasteiger partial charge in [0.2, 0.25) is 0 Å². The van der Waals surface area contributed by atoms with Crippen molar-refractivity contribution in [2.24, 2.45) is 16.7 Å². The van der Waals surface area contributed by atoms with E-state index in [2.05, 4.69) is 31.8 Å². The number of hydrogen-bond acceptors (Lipinski definition) is 5. The summed E-state index contributed by atoms with van der Waals surface area (Å²) in [5.41, 5.74) is 1.51. The lowest BCUT2D eigenvalue weighted by atomic mass is 9.65. The minimum atomic E-state index is -1.30. The van der Waals surface area contributed by atoms with Crippen molar-refractivity contribution in [1.82, 2.24) is 0 Å². The van der Waals surface area contributed by atoms with Crippen LogP contribution in [0.3, 0.4) is 0 Å². The fourth-order valence-corrected chi connectivity index (χ4v) is 4.58. The van der Waals surface area contributed by atoms with Gasteiger partial charge in [-0.2, -0.15) is 0 Å². The van der Waals surface area contributed by atoms with E-state index in [0.717, 1.165) is 11.1 Å². The van der Waals surface area contributed by atoms with Gasteiger partial charge in [-0.25, -0.2) is 0 Å². The van der Waals surface area contributed by atoms with E-state index in [1.807, 2.05) is 33.8 Å². The average molecular weight is 483 g/mol. The second kappa shape index (κ2) is 12.4. The van der Waals surface area contributed by atoms with Crippen LogP contribution < -0.4 is 0 Å². The molecule has 0 bridgehead atoms. The van der Waals surface area contributed by atoms with Crippen LogP contribution in [0.25, 0.3) is 0 Å². The molecule has 0 heterocycles. The molecule has 2 aliphatic carbocycles. The van der Waals surface area contributed by atoms with E-state index in [1.165, 1.54) is 6.08 Å². The number of carbonyl (C=O) groups excluding carboxylic acids is 2. The zero-order valence-electron chi connectivity index (χ0n) is 22.5. The highest BCUT2D eigenvalue weighted by Gasteiger charge is 2.47. The Hall–Kier alpha value is -2.52. The quantitative estimate of drug-likeness (QED) is 0.401. The number of carbonyl (C=O) groups is 2. The largest absolute Gasteiger partial charge is 0.392 e. The molecule has 2 rings (SSSR count). The Morgan fingerprint density at radius 2 is 1.57 bits per heavy atom. The molecule has 5 heteroatoms. The summed E-state index contributed by atoms with van der Waals surface area (Å²) in [6, 6.07) is 0. The van der Waals surface area contributed by atoms with Crippen LogP contribution in [-0.4, -0.2) is 45.7 Å². The average Bonchev–Trinajstić information content (AvgIpc) is 2.70. The van der Waals surface area contributed by atoms with Gasteiger partial charge in [0, 0.05) is 24.2 Å². The molecule has 0 aromatic heterocycles. The molecule has 0 aliphatic heterocycles. The fraction of sp³-hybridized carbons (Fsp3) is 0.533. The zero-order chi connectivity index (χ0) is 27.0. The van der Waals surface area contributed by atoms with E-state index in [9.17, 15) is 14.7 Å². The van der Waals surface area contributed by atoms with Crippen LogP contribution in [0.4, 0.5) is 0 Å². The summed E-state index contributed by atoms with van der Waals surface area (Å²) >= 11 is 0. The summed E-state index contributed by atoms with van der Waals surface area (Å²) < 4.78 is 0. The summed E-state index contributed by atoms with van der Waals surface area (Å²) in [5.74, 6) is 6.23. The fourth-order valence-electron chi connectivity index (χ4n) is 4.58. The molecule has 3 N–H and O–H groups in total. The lowest BCUT2D eigenvalue weighted by Crippen LogP contribution is -2.48. The Balaban J connectivity index is 0.000000351. The highest BCUT2D eigenvalue weighted by Crippen LogP contribution is 2.43. The van der Waals surface area contributed by atoms with Crippen LogP contribution in [0.5, 0.6) is 0 Å². The van der Waals surface area contributed by atoms with Crippen molar-refractivity contribution in [2.75, 3.05) is 13.2 Å². The van der Waals surface area contributed by atoms with Gasteiger partial charge in [0.1, 0.15) is 0 Å². The van der Waals surface area contributed by atoms with Crippen LogP contribution in [0.1, 0.15) is 68.2 Å². The van der Waals surface area contributed by atoms with Gasteiger partial charge >= 0.3 is 0 Å². The minimum absolute atomic E-state index is 0.0200. The standard InChI is InChI=1S/C15H20O3.C15H22O2/c1-11(6-8-16)5-7-15(18)12(2)9-13(17)10-14(15,3)4;1-11(7-8-16)5-6-14-12(2)9-13(17)10-15(14,3)4/h6,9,16,18H,8,10H2,1-4H3;5-7,9,14,16H,8,10H2,1-4H3/b11-6+;6-5+,11-7+. The maximum Gasteiger partial charge on any atom is 0.156 e. The monoisotopic (exact) mass is 482 g/mol. The van der Waals surface area contributed by atoms with E-state index < -0.39 is 11.0 Å². The van der Waals surface area contributed by atoms with E-state index in [1.54, 1.807) is 32.1 Å². The van der Waals surface area contributed by atoms with Gasteiger partial charge < -0.3 is 15.3 Å². The first-order valence-electron chi connectivity index (χ1n) is 12.0. The molecule has 35 heavy (non-hydrogen) atoms. The molecule has 192 valence electrons. The molecule has 0 saturated heterocycles. The Morgan fingerprint density at radius 1 is 1.00 bits per heavy atom. The van der Waals surface area contributed by atoms with Crippen molar-refractivity contribution in [3.05, 3.63) is 58.7 Å². The van der Waals surface area contributed by atoms with Gasteiger partial charge in [-0.3, -0.25) is 9.59 Å². The summed E-state index contributed by atoms with van der Waals surface area (Å²) in [7, 11) is 0. The van der Waals surface area contributed by atoms with Crippen LogP contribution in [0.15, 0.2) is 58.7 Å². The summed E-state index contributed by atoms with van der Waals surface area (Å²) in [6.07, 6.45) is 11.6. The van der Waals surface area contributed by atoms with Crippen molar-refractivity contribution in [3.8, 4) is 11.8 Å². The van der Waals surface area contributed by atoms with Gasteiger partial charge in [-0.1, -0.05) is 68.9 Å². The van der Waals surface area contributed by atoms with Crippen molar-refractivity contribution in [2.45, 2.75) is 73.8 Å². The smallest absolute Gasteiger partial charge is 0.156 e. The number of ketones is 2. The Kier molecular flexibility index (Phi) is 10.8. The van der Waals surface area contributed by atoms with Gasteiger partial charge in [0.15, 0.2) is 17.2 Å². The third-order valence-corrected chi connectivity index (χ3v) is 6.70. The van der Waals surface area contributed by atoms with Gasteiger partial charge in [-0.15, -0.1) is 0 Å². The van der Waals surface area contributed by atoms with Crippen molar-refractivity contribution < 1.29 is 24.9 Å². The molecule has 2 aliphatic rings. The topological polar surface area (TPSA) is 94.8 Å². The summed E-state index contributed by atoms with van der Waals surface area (Å²) in [5, 5.41) is 28.3. The Labute approximate surface area is 211 Å². The third kappa shape index (κ3) is 8.28. The van der Waals surface area contributed by atoms with Crippen molar-refractivity contribution >= 4 is 11.6 Å². The molecule has 0 saturated carbocycles. The molecule has 2 atom stereocenters. The van der Waals surface area contributed by atoms with Crippen molar-refractivity contribution in [3.63, 3.8) is 0 Å². The van der Waals surface area contributed by atoms with E-state index >= 15 is 0 Å². The zero-order valence-corrected chi connectivity index (χ0v) is 22.5. The molecular weight excluding hydrogens is 440 g/mol.